The predicted molar refractivity (Wildman–Crippen MR) is 142 cm³/mol. The Labute approximate surface area is 211 Å². The molecule has 3 aromatic rings. The van der Waals surface area contributed by atoms with E-state index in [0.29, 0.717) is 28.5 Å². The van der Waals surface area contributed by atoms with Gasteiger partial charge in [-0.1, -0.05) is 62.9 Å². The summed E-state index contributed by atoms with van der Waals surface area (Å²) in [5.74, 6) is 0.211. The van der Waals surface area contributed by atoms with Gasteiger partial charge in [0.05, 0.1) is 10.8 Å². The van der Waals surface area contributed by atoms with E-state index in [1.54, 1.807) is 0 Å². The number of pyridine rings is 1. The maximum atomic E-state index is 13.1. The normalized spacial score (nSPS) is 11.5. The number of nitrogen functional groups attached to an aromatic ring is 1. The molecule has 6 nitrogen and oxygen atoms in total. The van der Waals surface area contributed by atoms with Gasteiger partial charge in [0.15, 0.2) is 0 Å². The van der Waals surface area contributed by atoms with Gasteiger partial charge in [-0.2, -0.15) is 10.5 Å². The van der Waals surface area contributed by atoms with Crippen LogP contribution < -0.4 is 11.1 Å². The van der Waals surface area contributed by atoms with Gasteiger partial charge in [-0.15, -0.1) is 0 Å². The molecule has 1 atom stereocenters. The van der Waals surface area contributed by atoms with Crippen molar-refractivity contribution in [1.82, 2.24) is 4.98 Å². The average molecular weight is 484 g/mol. The molecule has 0 aliphatic rings. The number of aromatic nitrogens is 1. The fraction of sp³-hybridized carbons (Fsp3) is 0.286. The van der Waals surface area contributed by atoms with Crippen LogP contribution in [-0.4, -0.2) is 16.1 Å². The molecular weight excluding hydrogens is 454 g/mol. The Balaban J connectivity index is 2.00. The van der Waals surface area contributed by atoms with Crippen molar-refractivity contribution in [1.29, 1.82) is 10.5 Å². The van der Waals surface area contributed by atoms with Gasteiger partial charge in [0.2, 0.25) is 5.91 Å². The first-order chi connectivity index (χ1) is 16.7. The highest BCUT2D eigenvalue weighted by molar-refractivity contribution is 8.00. The smallest absolute Gasteiger partial charge is 0.237 e. The molecule has 0 radical (unpaired) electrons. The van der Waals surface area contributed by atoms with E-state index in [9.17, 15) is 15.3 Å². The Kier molecular flexibility index (Phi) is 8.17. The first-order valence-corrected chi connectivity index (χ1v) is 12.4. The number of hydrogen-bond donors (Lipinski definition) is 2. The SMILES string of the molecule is CCC(Sc1nc(N)c(C#N)c(-c2ccc(C(C)C)cc2)c1C#N)C(=O)Nc1ccc(C)c(C)c1. The summed E-state index contributed by atoms with van der Waals surface area (Å²) in [4.78, 5) is 17.4. The zero-order valence-electron chi connectivity index (χ0n) is 20.6. The number of carbonyl (C=O) groups is 1. The number of nitriles is 2. The number of aryl methyl sites for hydroxylation is 2. The molecule has 0 spiro atoms. The van der Waals surface area contributed by atoms with E-state index in [0.717, 1.165) is 22.4 Å². The summed E-state index contributed by atoms with van der Waals surface area (Å²) in [6.07, 6.45) is 0.520. The molecular formula is C28H29N5OS. The highest BCUT2D eigenvalue weighted by Gasteiger charge is 2.25. The Bertz CT molecular complexity index is 1330. The monoisotopic (exact) mass is 483 g/mol. The summed E-state index contributed by atoms with van der Waals surface area (Å²) in [5, 5.41) is 22.7. The second-order valence-corrected chi connectivity index (χ2v) is 9.92. The zero-order chi connectivity index (χ0) is 25.7. The molecule has 0 bridgehead atoms. The van der Waals surface area contributed by atoms with Crippen molar-refractivity contribution >= 4 is 29.2 Å². The van der Waals surface area contributed by atoms with Gasteiger partial charge in [0.1, 0.15) is 28.5 Å². The van der Waals surface area contributed by atoms with E-state index in [1.165, 1.54) is 11.8 Å². The number of thioether (sulfide) groups is 1. The van der Waals surface area contributed by atoms with Gasteiger partial charge in [-0.3, -0.25) is 4.79 Å². The van der Waals surface area contributed by atoms with Gasteiger partial charge >= 0.3 is 0 Å². The van der Waals surface area contributed by atoms with Crippen LogP contribution in [0, 0.1) is 36.5 Å². The van der Waals surface area contributed by atoms with Crippen LogP contribution in [0.5, 0.6) is 0 Å². The minimum atomic E-state index is -0.500. The van der Waals surface area contributed by atoms with Crippen molar-refractivity contribution in [3.8, 4) is 23.3 Å². The largest absolute Gasteiger partial charge is 0.383 e. The van der Waals surface area contributed by atoms with Crippen LogP contribution >= 0.6 is 11.8 Å². The number of anilines is 2. The molecule has 0 saturated carbocycles. The number of hydrogen-bond acceptors (Lipinski definition) is 6. The summed E-state index contributed by atoms with van der Waals surface area (Å²) in [7, 11) is 0. The van der Waals surface area contributed by atoms with Gasteiger partial charge in [0, 0.05) is 11.3 Å². The number of carbonyl (C=O) groups excluding carboxylic acids is 1. The lowest BCUT2D eigenvalue weighted by Gasteiger charge is -2.18. The van der Waals surface area contributed by atoms with Crippen LogP contribution in [0.2, 0.25) is 0 Å². The van der Waals surface area contributed by atoms with Crippen LogP contribution in [0.3, 0.4) is 0 Å². The van der Waals surface area contributed by atoms with E-state index in [1.807, 2.05) is 63.2 Å². The van der Waals surface area contributed by atoms with Crippen molar-refractivity contribution in [3.05, 3.63) is 70.3 Å². The minimum Gasteiger partial charge on any atom is -0.383 e. The topological polar surface area (TPSA) is 116 Å². The summed E-state index contributed by atoms with van der Waals surface area (Å²) in [6, 6.07) is 17.8. The first-order valence-electron chi connectivity index (χ1n) is 11.5. The van der Waals surface area contributed by atoms with E-state index < -0.39 is 5.25 Å². The lowest BCUT2D eigenvalue weighted by atomic mass is 9.94. The van der Waals surface area contributed by atoms with Crippen LogP contribution in [0.25, 0.3) is 11.1 Å². The predicted octanol–water partition coefficient (Wildman–Crippen LogP) is 6.32. The highest BCUT2D eigenvalue weighted by atomic mass is 32.2. The van der Waals surface area contributed by atoms with Gasteiger partial charge in [-0.25, -0.2) is 4.98 Å². The van der Waals surface area contributed by atoms with Gasteiger partial charge < -0.3 is 11.1 Å². The van der Waals surface area contributed by atoms with Gasteiger partial charge in [0.25, 0.3) is 0 Å². The van der Waals surface area contributed by atoms with E-state index >= 15 is 0 Å². The molecule has 178 valence electrons. The zero-order valence-corrected chi connectivity index (χ0v) is 21.5. The second-order valence-electron chi connectivity index (χ2n) is 8.73. The Hall–Kier alpha value is -3.81. The Morgan fingerprint density at radius 2 is 1.71 bits per heavy atom. The van der Waals surface area contributed by atoms with E-state index in [2.05, 4.69) is 36.3 Å². The Morgan fingerprint density at radius 1 is 1.06 bits per heavy atom. The number of nitrogens with one attached hydrogen (secondary N) is 1. The quantitative estimate of drug-likeness (QED) is 0.380. The molecule has 1 heterocycles. The van der Waals surface area contributed by atoms with Crippen molar-refractivity contribution < 1.29 is 4.79 Å². The number of amides is 1. The fourth-order valence-corrected chi connectivity index (χ4v) is 4.72. The van der Waals surface area contributed by atoms with Crippen molar-refractivity contribution in [2.45, 2.75) is 57.2 Å². The number of rotatable bonds is 7. The summed E-state index contributed by atoms with van der Waals surface area (Å²) in [5.41, 5.74) is 11.8. The maximum Gasteiger partial charge on any atom is 0.237 e. The molecule has 1 amide bonds. The number of benzene rings is 2. The second kappa shape index (κ2) is 11.1. The molecule has 0 aliphatic heterocycles. The molecule has 0 fully saturated rings. The Morgan fingerprint density at radius 3 is 2.26 bits per heavy atom. The molecule has 1 unspecified atom stereocenters. The standard InChI is InChI=1S/C28H29N5OS/c1-6-24(27(34)32-21-12-7-17(4)18(5)13-21)35-28-23(15-30)25(22(14-29)26(31)33-28)20-10-8-19(9-11-20)16(2)3/h7-13,16,24H,6H2,1-5H3,(H2,31,33)(H,32,34). The third-order valence-electron chi connectivity index (χ3n) is 5.97. The molecule has 1 aromatic heterocycles. The maximum absolute atomic E-state index is 13.1. The first kappa shape index (κ1) is 25.8. The summed E-state index contributed by atoms with van der Waals surface area (Å²) >= 11 is 1.19. The molecule has 0 saturated heterocycles. The third-order valence-corrected chi connectivity index (χ3v) is 7.32. The third kappa shape index (κ3) is 5.65. The van der Waals surface area contributed by atoms with E-state index in [4.69, 9.17) is 5.73 Å². The molecule has 35 heavy (non-hydrogen) atoms. The molecule has 3 rings (SSSR count). The van der Waals surface area contributed by atoms with Crippen molar-refractivity contribution in [2.75, 3.05) is 11.1 Å². The van der Waals surface area contributed by atoms with Crippen LogP contribution in [0.4, 0.5) is 11.5 Å². The van der Waals surface area contributed by atoms with Gasteiger partial charge in [-0.05, 0) is 60.6 Å². The minimum absolute atomic E-state index is 0.0429. The fourth-order valence-electron chi connectivity index (χ4n) is 3.71. The lowest BCUT2D eigenvalue weighted by molar-refractivity contribution is -0.115. The van der Waals surface area contributed by atoms with E-state index in [-0.39, 0.29) is 22.9 Å². The van der Waals surface area contributed by atoms with Crippen LogP contribution in [0.1, 0.15) is 60.9 Å². The van der Waals surface area contributed by atoms with Crippen molar-refractivity contribution in [3.63, 3.8) is 0 Å². The van der Waals surface area contributed by atoms with Crippen LogP contribution in [0.15, 0.2) is 47.5 Å². The summed E-state index contributed by atoms with van der Waals surface area (Å²) in [6.45, 7) is 10.1. The highest BCUT2D eigenvalue weighted by Crippen LogP contribution is 2.38. The molecule has 7 heteroatoms. The molecule has 0 aliphatic carbocycles. The number of nitrogens with zero attached hydrogens (tertiary/aromatic N) is 3. The van der Waals surface area contributed by atoms with Crippen LogP contribution in [-0.2, 0) is 4.79 Å². The average Bonchev–Trinajstić information content (AvgIpc) is 2.84. The lowest BCUT2D eigenvalue weighted by Crippen LogP contribution is -2.25. The molecule has 2 aromatic carbocycles. The van der Waals surface area contributed by atoms with Crippen molar-refractivity contribution in [2.24, 2.45) is 0 Å². The summed E-state index contributed by atoms with van der Waals surface area (Å²) < 4.78 is 0. The molecule has 3 N–H and O–H groups in total. The number of nitrogens with two attached hydrogens (primary N) is 1.